The lowest BCUT2D eigenvalue weighted by atomic mass is 10.2. The highest BCUT2D eigenvalue weighted by atomic mass is 127. The van der Waals surface area contributed by atoms with Gasteiger partial charge in [-0.2, -0.15) is 0 Å². The van der Waals surface area contributed by atoms with Gasteiger partial charge in [0.25, 0.3) is 0 Å². The molecule has 26 heavy (non-hydrogen) atoms. The molecule has 1 saturated heterocycles. The minimum Gasteiger partial charge on any atom is -0.361 e. The van der Waals surface area contributed by atoms with E-state index < -0.39 is 0 Å². The topological polar surface area (TPSA) is 78.6 Å². The van der Waals surface area contributed by atoms with E-state index in [1.807, 2.05) is 26.1 Å². The third kappa shape index (κ3) is 5.09. The molecule has 2 aromatic heterocycles. The SMILES string of the molecule is CN=C(NCc1ccnc(N2CCCC2)c1)NCc1c(C)noc1C.I. The summed E-state index contributed by atoms with van der Waals surface area (Å²) in [6.45, 7) is 7.40. The average molecular weight is 470 g/mol. The van der Waals surface area contributed by atoms with Crippen molar-refractivity contribution in [1.29, 1.82) is 0 Å². The Kier molecular flexibility index (Phi) is 7.67. The van der Waals surface area contributed by atoms with Crippen molar-refractivity contribution in [1.82, 2.24) is 20.8 Å². The van der Waals surface area contributed by atoms with Gasteiger partial charge in [-0.3, -0.25) is 4.99 Å². The van der Waals surface area contributed by atoms with Gasteiger partial charge in [-0.25, -0.2) is 4.98 Å². The zero-order valence-corrected chi connectivity index (χ0v) is 17.9. The number of hydrogen-bond donors (Lipinski definition) is 2. The van der Waals surface area contributed by atoms with Crippen molar-refractivity contribution in [2.45, 2.75) is 39.8 Å². The van der Waals surface area contributed by atoms with E-state index in [0.717, 1.165) is 41.9 Å². The Morgan fingerprint density at radius 2 is 1.96 bits per heavy atom. The number of aromatic nitrogens is 2. The first kappa shape index (κ1) is 20.5. The van der Waals surface area contributed by atoms with Crippen molar-refractivity contribution in [3.05, 3.63) is 40.9 Å². The van der Waals surface area contributed by atoms with E-state index in [9.17, 15) is 0 Å². The van der Waals surface area contributed by atoms with Crippen LogP contribution in [0.3, 0.4) is 0 Å². The molecule has 3 rings (SSSR count). The van der Waals surface area contributed by atoms with Gasteiger partial charge in [0.15, 0.2) is 5.96 Å². The molecule has 1 aliphatic rings. The lowest BCUT2D eigenvalue weighted by Gasteiger charge is -2.17. The molecule has 0 unspecified atom stereocenters. The molecular formula is C18H27IN6O. The summed E-state index contributed by atoms with van der Waals surface area (Å²) in [4.78, 5) is 11.1. The number of halogens is 1. The second-order valence-corrected chi connectivity index (χ2v) is 6.30. The predicted molar refractivity (Wildman–Crippen MR) is 114 cm³/mol. The molecule has 8 heteroatoms. The largest absolute Gasteiger partial charge is 0.361 e. The molecule has 0 saturated carbocycles. The summed E-state index contributed by atoms with van der Waals surface area (Å²) in [6, 6.07) is 4.19. The first-order valence-electron chi connectivity index (χ1n) is 8.73. The number of aryl methyl sites for hydroxylation is 2. The van der Waals surface area contributed by atoms with Crippen LogP contribution in [0.1, 0.15) is 35.4 Å². The van der Waals surface area contributed by atoms with Gasteiger partial charge in [0.2, 0.25) is 0 Å². The lowest BCUT2D eigenvalue weighted by Crippen LogP contribution is -2.36. The maximum atomic E-state index is 5.19. The van der Waals surface area contributed by atoms with Crippen LogP contribution < -0.4 is 15.5 Å². The van der Waals surface area contributed by atoms with Gasteiger partial charge in [-0.1, -0.05) is 5.16 Å². The number of anilines is 1. The highest BCUT2D eigenvalue weighted by molar-refractivity contribution is 14.0. The summed E-state index contributed by atoms with van der Waals surface area (Å²) >= 11 is 0. The van der Waals surface area contributed by atoms with Crippen LogP contribution in [0.2, 0.25) is 0 Å². The van der Waals surface area contributed by atoms with Crippen molar-refractivity contribution in [2.24, 2.45) is 4.99 Å². The molecule has 1 aliphatic heterocycles. The standard InChI is InChI=1S/C18H26N6O.HI/c1-13-16(14(2)25-23-13)12-22-18(19-3)21-11-15-6-7-20-17(10-15)24-8-4-5-9-24;/h6-7,10H,4-5,8-9,11-12H2,1-3H3,(H2,19,21,22);1H. The summed E-state index contributed by atoms with van der Waals surface area (Å²) < 4.78 is 5.19. The molecule has 0 spiro atoms. The van der Waals surface area contributed by atoms with E-state index in [-0.39, 0.29) is 24.0 Å². The van der Waals surface area contributed by atoms with Crippen molar-refractivity contribution in [2.75, 3.05) is 25.0 Å². The Labute approximate surface area is 171 Å². The number of guanidine groups is 1. The molecule has 2 aromatic rings. The number of nitrogens with one attached hydrogen (secondary N) is 2. The van der Waals surface area contributed by atoms with Crippen LogP contribution >= 0.6 is 24.0 Å². The van der Waals surface area contributed by atoms with Gasteiger partial charge >= 0.3 is 0 Å². The van der Waals surface area contributed by atoms with Gasteiger partial charge in [-0.05, 0) is 44.4 Å². The first-order valence-corrected chi connectivity index (χ1v) is 8.73. The lowest BCUT2D eigenvalue weighted by molar-refractivity contribution is 0.392. The number of nitrogens with zero attached hydrogens (tertiary/aromatic N) is 4. The zero-order chi connectivity index (χ0) is 17.6. The molecule has 0 atom stereocenters. The van der Waals surface area contributed by atoms with Gasteiger partial charge in [0.05, 0.1) is 5.69 Å². The molecule has 0 radical (unpaired) electrons. The van der Waals surface area contributed by atoms with E-state index in [4.69, 9.17) is 4.52 Å². The average Bonchev–Trinajstić information content (AvgIpc) is 3.27. The minimum atomic E-state index is 0. The predicted octanol–water partition coefficient (Wildman–Crippen LogP) is 2.77. The normalized spacial score (nSPS) is 14.3. The Balaban J connectivity index is 0.00000243. The van der Waals surface area contributed by atoms with E-state index in [1.165, 1.54) is 18.4 Å². The molecule has 0 aromatic carbocycles. The number of pyridine rings is 1. The monoisotopic (exact) mass is 470 g/mol. The maximum Gasteiger partial charge on any atom is 0.191 e. The summed E-state index contributed by atoms with van der Waals surface area (Å²) in [6.07, 6.45) is 4.38. The smallest absolute Gasteiger partial charge is 0.191 e. The summed E-state index contributed by atoms with van der Waals surface area (Å²) in [7, 11) is 1.77. The van der Waals surface area contributed by atoms with Crippen LogP contribution in [0.4, 0.5) is 5.82 Å². The fourth-order valence-corrected chi connectivity index (χ4v) is 3.02. The number of rotatable bonds is 5. The molecule has 1 fully saturated rings. The van der Waals surface area contributed by atoms with Crippen molar-refractivity contribution in [3.63, 3.8) is 0 Å². The highest BCUT2D eigenvalue weighted by Gasteiger charge is 2.14. The quantitative estimate of drug-likeness (QED) is 0.398. The Hall–Kier alpha value is -1.84. The molecule has 7 nitrogen and oxygen atoms in total. The van der Waals surface area contributed by atoms with Crippen molar-refractivity contribution in [3.8, 4) is 0 Å². The molecular weight excluding hydrogens is 443 g/mol. The van der Waals surface area contributed by atoms with E-state index in [2.05, 4.69) is 36.7 Å². The van der Waals surface area contributed by atoms with Crippen LogP contribution in [-0.4, -0.2) is 36.2 Å². The number of hydrogen-bond acceptors (Lipinski definition) is 5. The van der Waals surface area contributed by atoms with E-state index >= 15 is 0 Å². The summed E-state index contributed by atoms with van der Waals surface area (Å²) in [5.41, 5.74) is 3.17. The Morgan fingerprint density at radius 1 is 1.23 bits per heavy atom. The fourth-order valence-electron chi connectivity index (χ4n) is 3.02. The molecule has 0 amide bonds. The maximum absolute atomic E-state index is 5.19. The van der Waals surface area contributed by atoms with Crippen LogP contribution in [-0.2, 0) is 13.1 Å². The fraction of sp³-hybridized carbons (Fsp3) is 0.500. The first-order chi connectivity index (χ1) is 12.2. The second-order valence-electron chi connectivity index (χ2n) is 6.30. The third-order valence-corrected chi connectivity index (χ3v) is 4.54. The Bertz CT molecular complexity index is 720. The van der Waals surface area contributed by atoms with Gasteiger partial charge in [0, 0.05) is 45.0 Å². The molecule has 0 bridgehead atoms. The van der Waals surface area contributed by atoms with Crippen LogP contribution in [0.15, 0.2) is 27.8 Å². The third-order valence-electron chi connectivity index (χ3n) is 4.54. The highest BCUT2D eigenvalue weighted by Crippen LogP contribution is 2.18. The summed E-state index contributed by atoms with van der Waals surface area (Å²) in [5.74, 6) is 2.65. The van der Waals surface area contributed by atoms with E-state index in [1.54, 1.807) is 7.05 Å². The Morgan fingerprint density at radius 3 is 2.62 bits per heavy atom. The van der Waals surface area contributed by atoms with Crippen LogP contribution in [0.5, 0.6) is 0 Å². The molecule has 0 aliphatic carbocycles. The minimum absolute atomic E-state index is 0. The van der Waals surface area contributed by atoms with Crippen LogP contribution in [0.25, 0.3) is 0 Å². The zero-order valence-electron chi connectivity index (χ0n) is 15.6. The number of aliphatic imine (C=N–C) groups is 1. The summed E-state index contributed by atoms with van der Waals surface area (Å²) in [5, 5.41) is 10.6. The molecule has 142 valence electrons. The van der Waals surface area contributed by atoms with Gasteiger partial charge in [-0.15, -0.1) is 24.0 Å². The van der Waals surface area contributed by atoms with Gasteiger partial charge < -0.3 is 20.1 Å². The molecule has 3 heterocycles. The van der Waals surface area contributed by atoms with Crippen molar-refractivity contribution >= 4 is 35.8 Å². The van der Waals surface area contributed by atoms with Crippen molar-refractivity contribution < 1.29 is 4.52 Å². The van der Waals surface area contributed by atoms with Crippen LogP contribution in [0, 0.1) is 13.8 Å². The van der Waals surface area contributed by atoms with E-state index in [0.29, 0.717) is 13.1 Å². The van der Waals surface area contributed by atoms with Gasteiger partial charge in [0.1, 0.15) is 11.6 Å². The second kappa shape index (κ2) is 9.75. The molecule has 2 N–H and O–H groups in total.